The van der Waals surface area contributed by atoms with Gasteiger partial charge in [-0.1, -0.05) is 42.1 Å². The second-order valence-electron chi connectivity index (χ2n) is 4.19. The Labute approximate surface area is 120 Å². The molecule has 0 aliphatic rings. The highest BCUT2D eigenvalue weighted by molar-refractivity contribution is 7.98. The van der Waals surface area contributed by atoms with Gasteiger partial charge in [0.05, 0.1) is 0 Å². The molecule has 3 aromatic rings. The van der Waals surface area contributed by atoms with Crippen LogP contribution in [0.25, 0.3) is 11.4 Å². The summed E-state index contributed by atoms with van der Waals surface area (Å²) in [5.74, 6) is 7.50. The molecule has 0 radical (unpaired) electrons. The zero-order valence-corrected chi connectivity index (χ0v) is 11.5. The standard InChI is InChI=1S/C14H13N5S/c15-19-13(12-6-8-16-9-7-12)17-18-14(19)20-10-11-4-2-1-3-5-11/h1-9H,10,15H2. The lowest BCUT2D eigenvalue weighted by Gasteiger charge is -2.03. The van der Waals surface area contributed by atoms with Crippen molar-refractivity contribution in [1.29, 1.82) is 0 Å². The van der Waals surface area contributed by atoms with Crippen molar-refractivity contribution in [3.63, 3.8) is 0 Å². The first kappa shape index (κ1) is 12.7. The SMILES string of the molecule is Nn1c(SCc2ccccc2)nnc1-c1ccncc1. The Hall–Kier alpha value is -2.34. The summed E-state index contributed by atoms with van der Waals surface area (Å²) >= 11 is 1.56. The van der Waals surface area contributed by atoms with Crippen LogP contribution in [0.15, 0.2) is 60.0 Å². The van der Waals surface area contributed by atoms with E-state index in [1.54, 1.807) is 24.2 Å². The van der Waals surface area contributed by atoms with E-state index in [1.807, 2.05) is 30.3 Å². The minimum atomic E-state index is 0.642. The minimum Gasteiger partial charge on any atom is -0.335 e. The summed E-state index contributed by atoms with van der Waals surface area (Å²) in [4.78, 5) is 3.98. The van der Waals surface area contributed by atoms with E-state index in [-0.39, 0.29) is 0 Å². The van der Waals surface area contributed by atoms with Gasteiger partial charge in [-0.2, -0.15) is 0 Å². The first-order valence-electron chi connectivity index (χ1n) is 6.12. The van der Waals surface area contributed by atoms with E-state index < -0.39 is 0 Å². The van der Waals surface area contributed by atoms with Gasteiger partial charge in [0.15, 0.2) is 5.82 Å². The molecular formula is C14H13N5S. The van der Waals surface area contributed by atoms with Crippen LogP contribution in [0.2, 0.25) is 0 Å². The zero-order chi connectivity index (χ0) is 13.8. The maximum absolute atomic E-state index is 6.05. The van der Waals surface area contributed by atoms with Gasteiger partial charge in [0.1, 0.15) is 0 Å². The van der Waals surface area contributed by atoms with Crippen LogP contribution in [-0.4, -0.2) is 19.9 Å². The topological polar surface area (TPSA) is 69.6 Å². The summed E-state index contributed by atoms with van der Waals surface area (Å²) in [6.07, 6.45) is 3.42. The first-order valence-corrected chi connectivity index (χ1v) is 7.11. The molecule has 0 amide bonds. The highest BCUT2D eigenvalue weighted by Gasteiger charge is 2.11. The molecule has 0 unspecified atom stereocenters. The highest BCUT2D eigenvalue weighted by atomic mass is 32.2. The van der Waals surface area contributed by atoms with E-state index in [2.05, 4.69) is 27.3 Å². The fraction of sp³-hybridized carbons (Fsp3) is 0.0714. The van der Waals surface area contributed by atoms with Crippen molar-refractivity contribution in [1.82, 2.24) is 19.9 Å². The van der Waals surface area contributed by atoms with Gasteiger partial charge in [0, 0.05) is 23.7 Å². The largest absolute Gasteiger partial charge is 0.335 e. The lowest BCUT2D eigenvalue weighted by atomic mass is 10.2. The van der Waals surface area contributed by atoms with Gasteiger partial charge in [0.2, 0.25) is 5.16 Å². The maximum Gasteiger partial charge on any atom is 0.210 e. The number of hydrogen-bond acceptors (Lipinski definition) is 5. The minimum absolute atomic E-state index is 0.642. The number of rotatable bonds is 4. The Balaban J connectivity index is 1.78. The van der Waals surface area contributed by atoms with Gasteiger partial charge < -0.3 is 5.84 Å². The molecule has 0 spiro atoms. The normalized spacial score (nSPS) is 10.6. The number of benzene rings is 1. The molecule has 6 heteroatoms. The number of nitrogens with two attached hydrogens (primary N) is 1. The highest BCUT2D eigenvalue weighted by Crippen LogP contribution is 2.23. The van der Waals surface area contributed by atoms with E-state index in [9.17, 15) is 0 Å². The van der Waals surface area contributed by atoms with Crippen LogP contribution in [0.5, 0.6) is 0 Å². The third-order valence-electron chi connectivity index (χ3n) is 2.81. The molecule has 0 aliphatic carbocycles. The van der Waals surface area contributed by atoms with Crippen molar-refractivity contribution in [3.8, 4) is 11.4 Å². The fourth-order valence-corrected chi connectivity index (χ4v) is 2.61. The Kier molecular flexibility index (Phi) is 3.64. The van der Waals surface area contributed by atoms with Crippen molar-refractivity contribution in [2.45, 2.75) is 10.9 Å². The van der Waals surface area contributed by atoms with Crippen molar-refractivity contribution in [2.75, 3.05) is 5.84 Å². The zero-order valence-electron chi connectivity index (χ0n) is 10.7. The number of aromatic nitrogens is 4. The first-order chi connectivity index (χ1) is 9.84. The molecule has 5 nitrogen and oxygen atoms in total. The van der Waals surface area contributed by atoms with Gasteiger partial charge in [-0.25, -0.2) is 4.68 Å². The third-order valence-corrected chi connectivity index (χ3v) is 3.83. The second kappa shape index (κ2) is 5.75. The molecule has 2 N–H and O–H groups in total. The van der Waals surface area contributed by atoms with Gasteiger partial charge in [-0.15, -0.1) is 10.2 Å². The quantitative estimate of drug-likeness (QED) is 0.588. The number of pyridine rings is 1. The van der Waals surface area contributed by atoms with Gasteiger partial charge in [-0.3, -0.25) is 4.98 Å². The van der Waals surface area contributed by atoms with Crippen LogP contribution in [0.1, 0.15) is 5.56 Å². The van der Waals surface area contributed by atoms with E-state index in [1.165, 1.54) is 10.2 Å². The average Bonchev–Trinajstić information content (AvgIpc) is 2.88. The van der Waals surface area contributed by atoms with Crippen LogP contribution in [0.3, 0.4) is 0 Å². The molecule has 2 heterocycles. The molecule has 0 bridgehead atoms. The predicted molar refractivity (Wildman–Crippen MR) is 79.4 cm³/mol. The van der Waals surface area contributed by atoms with Gasteiger partial charge in [0.25, 0.3) is 0 Å². The molecular weight excluding hydrogens is 270 g/mol. The van der Waals surface area contributed by atoms with Crippen molar-refractivity contribution in [2.24, 2.45) is 0 Å². The molecule has 100 valence electrons. The maximum atomic E-state index is 6.05. The average molecular weight is 283 g/mol. The molecule has 0 atom stereocenters. The Morgan fingerprint density at radius 1 is 1.00 bits per heavy atom. The molecule has 0 aliphatic heterocycles. The number of nitrogen functional groups attached to an aromatic ring is 1. The van der Waals surface area contributed by atoms with E-state index >= 15 is 0 Å². The van der Waals surface area contributed by atoms with Crippen molar-refractivity contribution >= 4 is 11.8 Å². The van der Waals surface area contributed by atoms with Gasteiger partial charge in [-0.05, 0) is 17.7 Å². The van der Waals surface area contributed by atoms with E-state index in [0.29, 0.717) is 11.0 Å². The molecule has 0 fully saturated rings. The van der Waals surface area contributed by atoms with E-state index in [4.69, 9.17) is 5.84 Å². The molecule has 3 rings (SSSR count). The number of thioether (sulfide) groups is 1. The summed E-state index contributed by atoms with van der Waals surface area (Å²) in [5, 5.41) is 8.97. The lowest BCUT2D eigenvalue weighted by Crippen LogP contribution is -2.11. The molecule has 2 aromatic heterocycles. The Morgan fingerprint density at radius 3 is 2.50 bits per heavy atom. The molecule has 0 saturated heterocycles. The molecule has 20 heavy (non-hydrogen) atoms. The Morgan fingerprint density at radius 2 is 1.75 bits per heavy atom. The van der Waals surface area contributed by atoms with Crippen LogP contribution in [-0.2, 0) is 5.75 Å². The smallest absolute Gasteiger partial charge is 0.210 e. The van der Waals surface area contributed by atoms with Crippen LogP contribution < -0.4 is 5.84 Å². The molecule has 1 aromatic carbocycles. The summed E-state index contributed by atoms with van der Waals surface area (Å²) in [5.41, 5.74) is 2.13. The van der Waals surface area contributed by atoms with Crippen LogP contribution in [0, 0.1) is 0 Å². The second-order valence-corrected chi connectivity index (χ2v) is 5.13. The van der Waals surface area contributed by atoms with Crippen LogP contribution >= 0.6 is 11.8 Å². The summed E-state index contributed by atoms with van der Waals surface area (Å²) in [6, 6.07) is 13.9. The van der Waals surface area contributed by atoms with Gasteiger partial charge >= 0.3 is 0 Å². The predicted octanol–water partition coefficient (Wildman–Crippen LogP) is 2.35. The number of hydrogen-bond donors (Lipinski definition) is 1. The van der Waals surface area contributed by atoms with Crippen molar-refractivity contribution < 1.29 is 0 Å². The summed E-state index contributed by atoms with van der Waals surface area (Å²) < 4.78 is 1.52. The number of nitrogens with zero attached hydrogens (tertiary/aromatic N) is 4. The third kappa shape index (κ3) is 2.65. The molecule has 0 saturated carbocycles. The van der Waals surface area contributed by atoms with E-state index in [0.717, 1.165) is 11.3 Å². The monoisotopic (exact) mass is 283 g/mol. The summed E-state index contributed by atoms with van der Waals surface area (Å²) in [6.45, 7) is 0. The van der Waals surface area contributed by atoms with Crippen LogP contribution in [0.4, 0.5) is 0 Å². The fourth-order valence-electron chi connectivity index (χ4n) is 1.80. The Bertz CT molecular complexity index is 681. The van der Waals surface area contributed by atoms with Crippen molar-refractivity contribution in [3.05, 3.63) is 60.4 Å². The summed E-state index contributed by atoms with van der Waals surface area (Å²) in [7, 11) is 0. The lowest BCUT2D eigenvalue weighted by molar-refractivity contribution is 0.849.